The van der Waals surface area contributed by atoms with Crippen molar-refractivity contribution in [1.82, 2.24) is 0 Å². The number of ether oxygens (including phenoxy) is 1. The Morgan fingerprint density at radius 3 is 2.65 bits per heavy atom. The number of carbonyl (C=O) groups excluding carboxylic acids is 1. The van der Waals surface area contributed by atoms with Gasteiger partial charge in [0.15, 0.2) is 0 Å². The molecule has 1 aliphatic heterocycles. The lowest BCUT2D eigenvalue weighted by Crippen LogP contribution is -2.29. The molecule has 0 saturated carbocycles. The van der Waals surface area contributed by atoms with Gasteiger partial charge in [-0.25, -0.2) is 9.59 Å². The summed E-state index contributed by atoms with van der Waals surface area (Å²) in [5.41, 5.74) is 2.34. The van der Waals surface area contributed by atoms with Crippen LogP contribution in [0, 0.1) is 0 Å². The summed E-state index contributed by atoms with van der Waals surface area (Å²) < 4.78 is 5.31. The molecule has 0 aromatic heterocycles. The predicted octanol–water partition coefficient (Wildman–Crippen LogP) is 3.74. The van der Waals surface area contributed by atoms with Gasteiger partial charge in [0.1, 0.15) is 6.61 Å². The molecule has 2 aromatic rings. The molecule has 0 saturated heterocycles. The van der Waals surface area contributed by atoms with Crippen molar-refractivity contribution in [3.63, 3.8) is 0 Å². The van der Waals surface area contributed by atoms with Gasteiger partial charge in [0.2, 0.25) is 0 Å². The maximum Gasteiger partial charge on any atom is 0.414 e. The quantitative estimate of drug-likeness (QED) is 0.930. The molecule has 1 aliphatic rings. The summed E-state index contributed by atoms with van der Waals surface area (Å²) in [7, 11) is 0. The van der Waals surface area contributed by atoms with Crippen LogP contribution in [0.15, 0.2) is 42.5 Å². The van der Waals surface area contributed by atoms with Gasteiger partial charge in [-0.3, -0.25) is 4.90 Å². The van der Waals surface area contributed by atoms with Crippen LogP contribution in [0.5, 0.6) is 0 Å². The van der Waals surface area contributed by atoms with E-state index in [4.69, 9.17) is 21.4 Å². The van der Waals surface area contributed by atoms with Gasteiger partial charge >= 0.3 is 12.1 Å². The number of anilines is 1. The van der Waals surface area contributed by atoms with Gasteiger partial charge in [-0.1, -0.05) is 41.9 Å². The largest absolute Gasteiger partial charge is 0.478 e. The number of carbonyl (C=O) groups is 2. The molecule has 1 amide bonds. The van der Waals surface area contributed by atoms with E-state index in [1.54, 1.807) is 0 Å². The molecule has 0 spiro atoms. The van der Waals surface area contributed by atoms with Crippen molar-refractivity contribution in [3.8, 4) is 0 Å². The third-order valence-electron chi connectivity index (χ3n) is 3.72. The highest BCUT2D eigenvalue weighted by molar-refractivity contribution is 6.34. The first-order valence-corrected chi connectivity index (χ1v) is 7.48. The fraction of sp³-hybridized carbons (Fsp3) is 0.176. The highest BCUT2D eigenvalue weighted by atomic mass is 35.5. The molecule has 118 valence electrons. The minimum absolute atomic E-state index is 0.0462. The van der Waals surface area contributed by atoms with Gasteiger partial charge in [-0.05, 0) is 29.7 Å². The fourth-order valence-electron chi connectivity index (χ4n) is 2.56. The Morgan fingerprint density at radius 1 is 1.22 bits per heavy atom. The Morgan fingerprint density at radius 2 is 1.96 bits per heavy atom. The van der Waals surface area contributed by atoms with E-state index >= 15 is 0 Å². The van der Waals surface area contributed by atoms with Gasteiger partial charge in [-0.15, -0.1) is 0 Å². The number of fused-ring (bicyclic) bond motifs is 1. The van der Waals surface area contributed by atoms with Crippen LogP contribution in [0.25, 0.3) is 0 Å². The Balaban J connectivity index is 1.75. The van der Waals surface area contributed by atoms with Crippen LogP contribution in [0.4, 0.5) is 10.5 Å². The number of hydrogen-bond donors (Lipinski definition) is 1. The van der Waals surface area contributed by atoms with E-state index in [1.807, 2.05) is 30.3 Å². The van der Waals surface area contributed by atoms with Crippen molar-refractivity contribution in [2.24, 2.45) is 0 Å². The maximum atomic E-state index is 12.3. The Bertz CT molecular complexity index is 761. The standard InChI is InChI=1S/C17H14ClNO4/c18-14-9-15-12(8-13(14)16(20)21)6-7-19(15)17(22)23-10-11-4-2-1-3-5-11/h1-5,8-9H,6-7,10H2,(H,20,21). The van der Waals surface area contributed by atoms with Crippen LogP contribution >= 0.6 is 11.6 Å². The number of rotatable bonds is 3. The number of carboxylic acids is 1. The van der Waals surface area contributed by atoms with Gasteiger partial charge in [0, 0.05) is 6.54 Å². The highest BCUT2D eigenvalue weighted by Crippen LogP contribution is 2.33. The SMILES string of the molecule is O=C(O)c1cc2c(cc1Cl)N(C(=O)OCc1ccccc1)CC2. The lowest BCUT2D eigenvalue weighted by molar-refractivity contribution is 0.0697. The molecule has 6 heteroatoms. The zero-order valence-electron chi connectivity index (χ0n) is 12.2. The maximum absolute atomic E-state index is 12.3. The molecule has 23 heavy (non-hydrogen) atoms. The lowest BCUT2D eigenvalue weighted by atomic mass is 10.1. The van der Waals surface area contributed by atoms with Crippen molar-refractivity contribution in [2.75, 3.05) is 11.4 Å². The predicted molar refractivity (Wildman–Crippen MR) is 86.1 cm³/mol. The first kappa shape index (κ1) is 15.4. The number of nitrogens with zero attached hydrogens (tertiary/aromatic N) is 1. The van der Waals surface area contributed by atoms with Crippen LogP contribution in [-0.2, 0) is 17.8 Å². The zero-order valence-corrected chi connectivity index (χ0v) is 12.9. The zero-order chi connectivity index (χ0) is 16.4. The minimum atomic E-state index is -1.08. The third-order valence-corrected chi connectivity index (χ3v) is 4.03. The van der Waals surface area contributed by atoms with Crippen molar-refractivity contribution >= 4 is 29.4 Å². The van der Waals surface area contributed by atoms with E-state index in [0.717, 1.165) is 11.1 Å². The van der Waals surface area contributed by atoms with Crippen LogP contribution in [0.1, 0.15) is 21.5 Å². The summed E-state index contributed by atoms with van der Waals surface area (Å²) in [5.74, 6) is -1.08. The van der Waals surface area contributed by atoms with Gasteiger partial charge in [0.05, 0.1) is 16.3 Å². The van der Waals surface area contributed by atoms with Crippen LogP contribution < -0.4 is 4.90 Å². The van der Waals surface area contributed by atoms with E-state index in [-0.39, 0.29) is 17.2 Å². The van der Waals surface area contributed by atoms with Gasteiger partial charge in [-0.2, -0.15) is 0 Å². The van der Waals surface area contributed by atoms with Gasteiger partial charge in [0.25, 0.3) is 0 Å². The second kappa shape index (κ2) is 6.30. The van der Waals surface area contributed by atoms with Crippen molar-refractivity contribution in [1.29, 1.82) is 0 Å². The number of halogens is 1. The first-order valence-electron chi connectivity index (χ1n) is 7.10. The Hall–Kier alpha value is -2.53. The molecule has 0 fully saturated rings. The molecular formula is C17H14ClNO4. The van der Waals surface area contributed by atoms with Crippen LogP contribution in [0.3, 0.4) is 0 Å². The molecule has 0 atom stereocenters. The van der Waals surface area contributed by atoms with E-state index in [2.05, 4.69) is 0 Å². The summed E-state index contributed by atoms with van der Waals surface area (Å²) >= 11 is 5.99. The van der Waals surface area contributed by atoms with E-state index < -0.39 is 12.1 Å². The molecule has 0 unspecified atom stereocenters. The van der Waals surface area contributed by atoms with Crippen LogP contribution in [0.2, 0.25) is 5.02 Å². The molecule has 1 N–H and O–H groups in total. The van der Waals surface area contributed by atoms with E-state index in [0.29, 0.717) is 18.7 Å². The van der Waals surface area contributed by atoms with Gasteiger partial charge < -0.3 is 9.84 Å². The van der Waals surface area contributed by atoms with Crippen LogP contribution in [-0.4, -0.2) is 23.7 Å². The number of benzene rings is 2. The average molecular weight is 332 g/mol. The highest BCUT2D eigenvalue weighted by Gasteiger charge is 2.28. The molecule has 3 rings (SSSR count). The van der Waals surface area contributed by atoms with E-state index in [9.17, 15) is 9.59 Å². The number of aromatic carboxylic acids is 1. The summed E-state index contributed by atoms with van der Waals surface area (Å²) in [6, 6.07) is 12.4. The van der Waals surface area contributed by atoms with Crippen molar-refractivity contribution in [3.05, 3.63) is 64.2 Å². The molecular weight excluding hydrogens is 318 g/mol. The number of carboxylic acid groups (broad SMARTS) is 1. The monoisotopic (exact) mass is 331 g/mol. The molecule has 2 aromatic carbocycles. The lowest BCUT2D eigenvalue weighted by Gasteiger charge is -2.17. The normalized spacial score (nSPS) is 12.8. The topological polar surface area (TPSA) is 66.8 Å². The van der Waals surface area contributed by atoms with Crippen molar-refractivity contribution in [2.45, 2.75) is 13.0 Å². The average Bonchev–Trinajstić information content (AvgIpc) is 2.95. The van der Waals surface area contributed by atoms with E-state index in [1.165, 1.54) is 17.0 Å². The minimum Gasteiger partial charge on any atom is -0.478 e. The summed E-state index contributed by atoms with van der Waals surface area (Å²) in [6.07, 6.45) is 0.111. The smallest absolute Gasteiger partial charge is 0.414 e. The number of hydrogen-bond acceptors (Lipinski definition) is 3. The summed E-state index contributed by atoms with van der Waals surface area (Å²) in [5, 5.41) is 9.20. The molecule has 1 heterocycles. The van der Waals surface area contributed by atoms with Crippen molar-refractivity contribution < 1.29 is 19.4 Å². The number of amides is 1. The first-order chi connectivity index (χ1) is 11.1. The second-order valence-electron chi connectivity index (χ2n) is 5.21. The molecule has 0 aliphatic carbocycles. The molecule has 0 bridgehead atoms. The Labute approximate surface area is 138 Å². The fourth-order valence-corrected chi connectivity index (χ4v) is 2.80. The molecule has 5 nitrogen and oxygen atoms in total. The molecule has 0 radical (unpaired) electrons. The Kier molecular flexibility index (Phi) is 4.21. The third kappa shape index (κ3) is 3.14. The second-order valence-corrected chi connectivity index (χ2v) is 5.61. The summed E-state index contributed by atoms with van der Waals surface area (Å²) in [4.78, 5) is 24.8. The summed E-state index contributed by atoms with van der Waals surface area (Å²) in [6.45, 7) is 0.634.